The van der Waals surface area contributed by atoms with E-state index < -0.39 is 18.3 Å². The zero-order valence-electron chi connectivity index (χ0n) is 10.2. The standard InChI is InChI=1S/C11H5Cl2F3N4O/c1-20-10(21-11(15)16)7(13)9(19-20)8-5(14)2-4(12)6(3-17)18-8/h2,11H,1H3. The van der Waals surface area contributed by atoms with Gasteiger partial charge in [0.1, 0.15) is 22.5 Å². The lowest BCUT2D eigenvalue weighted by Gasteiger charge is -2.04. The highest BCUT2D eigenvalue weighted by Crippen LogP contribution is 2.36. The number of nitriles is 1. The third-order valence-electron chi connectivity index (χ3n) is 2.40. The summed E-state index contributed by atoms with van der Waals surface area (Å²) in [6, 6.07) is 2.53. The van der Waals surface area contributed by atoms with Gasteiger partial charge in [-0.2, -0.15) is 19.1 Å². The molecule has 21 heavy (non-hydrogen) atoms. The van der Waals surface area contributed by atoms with E-state index in [-0.39, 0.29) is 27.1 Å². The van der Waals surface area contributed by atoms with Crippen LogP contribution < -0.4 is 4.74 Å². The lowest BCUT2D eigenvalue weighted by molar-refractivity contribution is -0.0552. The van der Waals surface area contributed by atoms with E-state index >= 15 is 0 Å². The van der Waals surface area contributed by atoms with Gasteiger partial charge in [0.05, 0.1) is 5.02 Å². The zero-order valence-corrected chi connectivity index (χ0v) is 11.8. The van der Waals surface area contributed by atoms with Crippen LogP contribution in [0.3, 0.4) is 0 Å². The molecule has 0 saturated carbocycles. The monoisotopic (exact) mass is 336 g/mol. The molecule has 110 valence electrons. The summed E-state index contributed by atoms with van der Waals surface area (Å²) in [4.78, 5) is 3.68. The molecule has 2 rings (SSSR count). The normalized spacial score (nSPS) is 10.8. The lowest BCUT2D eigenvalue weighted by atomic mass is 10.2. The second kappa shape index (κ2) is 5.79. The molecule has 0 bridgehead atoms. The van der Waals surface area contributed by atoms with Crippen LogP contribution in [0.25, 0.3) is 11.4 Å². The van der Waals surface area contributed by atoms with Crippen molar-refractivity contribution in [3.05, 3.63) is 27.6 Å². The van der Waals surface area contributed by atoms with Crippen LogP contribution in [-0.2, 0) is 7.05 Å². The second-order valence-electron chi connectivity index (χ2n) is 3.73. The summed E-state index contributed by atoms with van der Waals surface area (Å²) < 4.78 is 43.5. The first kappa shape index (κ1) is 15.4. The summed E-state index contributed by atoms with van der Waals surface area (Å²) >= 11 is 11.5. The van der Waals surface area contributed by atoms with E-state index in [1.165, 1.54) is 7.05 Å². The number of alkyl halides is 2. The molecule has 0 fully saturated rings. The van der Waals surface area contributed by atoms with E-state index in [1.54, 1.807) is 6.07 Å². The Morgan fingerprint density at radius 1 is 1.38 bits per heavy atom. The Labute approximate surface area is 126 Å². The number of halogens is 5. The minimum Gasteiger partial charge on any atom is -0.416 e. The molecule has 2 heterocycles. The summed E-state index contributed by atoms with van der Waals surface area (Å²) in [5.74, 6) is -1.35. The van der Waals surface area contributed by atoms with Crippen LogP contribution in [0.5, 0.6) is 5.88 Å². The predicted molar refractivity (Wildman–Crippen MR) is 67.8 cm³/mol. The van der Waals surface area contributed by atoms with Crippen LogP contribution in [0.1, 0.15) is 5.69 Å². The minimum atomic E-state index is -3.12. The van der Waals surface area contributed by atoms with E-state index in [2.05, 4.69) is 14.8 Å². The third-order valence-corrected chi connectivity index (χ3v) is 3.03. The van der Waals surface area contributed by atoms with Gasteiger partial charge < -0.3 is 4.74 Å². The Morgan fingerprint density at radius 3 is 2.62 bits per heavy atom. The van der Waals surface area contributed by atoms with Crippen molar-refractivity contribution in [3.8, 4) is 23.3 Å². The Bertz CT molecular complexity index is 742. The molecule has 0 radical (unpaired) electrons. The highest BCUT2D eigenvalue weighted by atomic mass is 35.5. The van der Waals surface area contributed by atoms with Crippen molar-refractivity contribution in [1.29, 1.82) is 5.26 Å². The average Bonchev–Trinajstić information content (AvgIpc) is 2.66. The number of rotatable bonds is 3. The molecule has 5 nitrogen and oxygen atoms in total. The molecule has 0 unspecified atom stereocenters. The lowest BCUT2D eigenvalue weighted by Crippen LogP contribution is -2.06. The molecule has 10 heteroatoms. The van der Waals surface area contributed by atoms with Gasteiger partial charge in [-0.3, -0.25) is 0 Å². The molecular weight excluding hydrogens is 332 g/mol. The molecule has 0 saturated heterocycles. The van der Waals surface area contributed by atoms with E-state index in [0.717, 1.165) is 10.7 Å². The fraction of sp³-hybridized carbons (Fsp3) is 0.182. The molecule has 0 aliphatic carbocycles. The van der Waals surface area contributed by atoms with Crippen molar-refractivity contribution in [3.63, 3.8) is 0 Å². The number of ether oxygens (including phenoxy) is 1. The zero-order chi connectivity index (χ0) is 15.7. The Hall–Kier alpha value is -1.98. The van der Waals surface area contributed by atoms with Crippen LogP contribution in [-0.4, -0.2) is 21.4 Å². The maximum atomic E-state index is 13.9. The van der Waals surface area contributed by atoms with Crippen LogP contribution in [0.4, 0.5) is 13.2 Å². The first-order valence-corrected chi connectivity index (χ1v) is 6.04. The van der Waals surface area contributed by atoms with Crippen LogP contribution in [0.2, 0.25) is 10.0 Å². The van der Waals surface area contributed by atoms with E-state index in [9.17, 15) is 13.2 Å². The number of nitrogens with zero attached hydrogens (tertiary/aromatic N) is 4. The number of aromatic nitrogens is 3. The van der Waals surface area contributed by atoms with Gasteiger partial charge in [0.25, 0.3) is 0 Å². The maximum absolute atomic E-state index is 13.9. The quantitative estimate of drug-likeness (QED) is 0.861. The SMILES string of the molecule is Cn1nc(-c2nc(C#N)c(Cl)cc2F)c(Cl)c1OC(F)F. The smallest absolute Gasteiger partial charge is 0.388 e. The second-order valence-corrected chi connectivity index (χ2v) is 4.52. The van der Waals surface area contributed by atoms with Crippen molar-refractivity contribution < 1.29 is 17.9 Å². The predicted octanol–water partition coefficient (Wildman–Crippen LogP) is 3.40. The maximum Gasteiger partial charge on any atom is 0.388 e. The Morgan fingerprint density at radius 2 is 2.05 bits per heavy atom. The molecule has 0 atom stereocenters. The van der Waals surface area contributed by atoms with Crippen LogP contribution in [0, 0.1) is 17.1 Å². The van der Waals surface area contributed by atoms with Crippen molar-refractivity contribution in [2.75, 3.05) is 0 Å². The van der Waals surface area contributed by atoms with Gasteiger partial charge >= 0.3 is 6.61 Å². The number of hydrogen-bond donors (Lipinski definition) is 0. The van der Waals surface area contributed by atoms with Gasteiger partial charge in [0, 0.05) is 7.05 Å². The molecule has 0 aliphatic rings. The minimum absolute atomic E-state index is 0.185. The van der Waals surface area contributed by atoms with Gasteiger partial charge in [-0.1, -0.05) is 23.2 Å². The van der Waals surface area contributed by atoms with Crippen LogP contribution in [0.15, 0.2) is 6.07 Å². The van der Waals surface area contributed by atoms with E-state index in [1.807, 2.05) is 0 Å². The van der Waals surface area contributed by atoms with Gasteiger partial charge in [-0.15, -0.1) is 0 Å². The molecular formula is C11H5Cl2F3N4O. The fourth-order valence-corrected chi connectivity index (χ4v) is 2.03. The third kappa shape index (κ3) is 2.89. The van der Waals surface area contributed by atoms with Crippen LogP contribution >= 0.6 is 23.2 Å². The first-order chi connectivity index (χ1) is 9.85. The summed E-state index contributed by atoms with van der Waals surface area (Å²) in [5, 5.41) is 12.1. The van der Waals surface area contributed by atoms with Crippen molar-refractivity contribution in [1.82, 2.24) is 14.8 Å². The molecule has 2 aromatic rings. The summed E-state index contributed by atoms with van der Waals surface area (Å²) in [6.07, 6.45) is 0. The van der Waals surface area contributed by atoms with Crippen molar-refractivity contribution in [2.24, 2.45) is 7.05 Å². The van der Waals surface area contributed by atoms with Crippen molar-refractivity contribution >= 4 is 23.2 Å². The molecule has 0 aliphatic heterocycles. The van der Waals surface area contributed by atoms with Crippen molar-refractivity contribution in [2.45, 2.75) is 6.61 Å². The fourth-order valence-electron chi connectivity index (χ4n) is 1.56. The number of aryl methyl sites for hydroxylation is 1. The molecule has 0 amide bonds. The number of hydrogen-bond acceptors (Lipinski definition) is 4. The summed E-state index contributed by atoms with van der Waals surface area (Å²) in [6.45, 7) is -3.12. The topological polar surface area (TPSA) is 63.7 Å². The highest BCUT2D eigenvalue weighted by molar-refractivity contribution is 6.34. The van der Waals surface area contributed by atoms with Gasteiger partial charge in [-0.25, -0.2) is 14.1 Å². The average molecular weight is 337 g/mol. The van der Waals surface area contributed by atoms with E-state index in [4.69, 9.17) is 28.5 Å². The van der Waals surface area contributed by atoms with Gasteiger partial charge in [0.2, 0.25) is 5.88 Å². The van der Waals surface area contributed by atoms with Gasteiger partial charge in [-0.05, 0) is 6.07 Å². The summed E-state index contributed by atoms with van der Waals surface area (Å²) in [5.41, 5.74) is -0.868. The molecule has 0 N–H and O–H groups in total. The van der Waals surface area contributed by atoms with E-state index in [0.29, 0.717) is 0 Å². The Kier molecular flexibility index (Phi) is 4.25. The largest absolute Gasteiger partial charge is 0.416 e. The molecule has 0 aromatic carbocycles. The molecule has 0 spiro atoms. The number of pyridine rings is 1. The Balaban J connectivity index is 2.61. The molecule has 2 aromatic heterocycles. The van der Waals surface area contributed by atoms with Gasteiger partial charge in [0.15, 0.2) is 11.5 Å². The first-order valence-electron chi connectivity index (χ1n) is 5.29. The highest BCUT2D eigenvalue weighted by Gasteiger charge is 2.24. The summed E-state index contributed by atoms with van der Waals surface area (Å²) in [7, 11) is 1.28.